The Kier molecular flexibility index (Phi) is 23.6. The second-order valence-corrected chi connectivity index (χ2v) is 10.6. The molecule has 0 heterocycles. The van der Waals surface area contributed by atoms with Gasteiger partial charge in [0.1, 0.15) is 11.5 Å². The Morgan fingerprint density at radius 1 is 0.343 bits per heavy atom. The lowest BCUT2D eigenvalue weighted by Gasteiger charge is -2.09. The molecule has 0 bridgehead atoms. The van der Waals surface area contributed by atoms with Gasteiger partial charge in [-0.3, -0.25) is 0 Å². The zero-order chi connectivity index (χ0) is 25.1. The second-order valence-electron chi connectivity index (χ2n) is 10.6. The van der Waals surface area contributed by atoms with Gasteiger partial charge in [-0.15, -0.1) is 0 Å². The van der Waals surface area contributed by atoms with Gasteiger partial charge in [-0.1, -0.05) is 149 Å². The monoisotopic (exact) mass is 488 g/mol. The molecule has 0 atom stereocenters. The summed E-state index contributed by atoms with van der Waals surface area (Å²) in [6, 6.07) is 8.21. The molecule has 0 saturated heterocycles. The Morgan fingerprint density at radius 3 is 0.829 bits per heavy atom. The number of unbranched alkanes of at least 4 members (excludes halogenated alkanes) is 21. The maximum atomic E-state index is 5.92. The van der Waals surface area contributed by atoms with Crippen molar-refractivity contribution < 1.29 is 9.47 Å². The highest BCUT2D eigenvalue weighted by atomic mass is 16.5. The quantitative estimate of drug-likeness (QED) is 0.115. The van der Waals surface area contributed by atoms with Crippen LogP contribution in [0.1, 0.15) is 162 Å². The maximum Gasteiger partial charge on any atom is 0.119 e. The van der Waals surface area contributed by atoms with Crippen LogP contribution in [0.25, 0.3) is 0 Å². The predicted octanol–water partition coefficient (Wildman–Crippen LogP) is 11.5. The van der Waals surface area contributed by atoms with Gasteiger partial charge in [-0.25, -0.2) is 0 Å². The van der Waals surface area contributed by atoms with Gasteiger partial charge < -0.3 is 9.47 Å². The molecule has 35 heavy (non-hydrogen) atoms. The summed E-state index contributed by atoms with van der Waals surface area (Å²) in [6.07, 6.45) is 31.6. The van der Waals surface area contributed by atoms with Crippen molar-refractivity contribution in [1.29, 1.82) is 0 Å². The fourth-order valence-electron chi connectivity index (χ4n) is 4.72. The SMILES string of the molecule is CCCCCCCCCCCCCCCOc1ccc(OCCCCCCCCCCCC)cc1. The van der Waals surface area contributed by atoms with Crippen molar-refractivity contribution in [1.82, 2.24) is 0 Å². The largest absolute Gasteiger partial charge is 0.494 e. The van der Waals surface area contributed by atoms with Gasteiger partial charge in [-0.05, 0) is 37.1 Å². The van der Waals surface area contributed by atoms with Gasteiger partial charge in [0, 0.05) is 0 Å². The summed E-state index contributed by atoms with van der Waals surface area (Å²) in [7, 11) is 0. The van der Waals surface area contributed by atoms with Gasteiger partial charge in [0.05, 0.1) is 13.2 Å². The molecule has 0 radical (unpaired) electrons. The molecule has 0 amide bonds. The van der Waals surface area contributed by atoms with E-state index in [0.29, 0.717) is 0 Å². The summed E-state index contributed by atoms with van der Waals surface area (Å²) in [5, 5.41) is 0. The number of hydrogen-bond donors (Lipinski definition) is 0. The first-order chi connectivity index (χ1) is 17.4. The summed E-state index contributed by atoms with van der Waals surface area (Å²) in [5.41, 5.74) is 0. The Hall–Kier alpha value is -1.18. The topological polar surface area (TPSA) is 18.5 Å². The maximum absolute atomic E-state index is 5.92. The average molecular weight is 489 g/mol. The van der Waals surface area contributed by atoms with E-state index in [-0.39, 0.29) is 0 Å². The van der Waals surface area contributed by atoms with Crippen molar-refractivity contribution >= 4 is 0 Å². The molecule has 0 aromatic heterocycles. The standard InChI is InChI=1S/C33H60O2/c1-3-5-7-9-11-13-15-16-17-19-21-23-25-31-35-33-28-26-32(27-29-33)34-30-24-22-20-18-14-12-10-8-6-4-2/h26-29H,3-25,30-31H2,1-2H3. The highest BCUT2D eigenvalue weighted by Crippen LogP contribution is 2.19. The summed E-state index contributed by atoms with van der Waals surface area (Å²) < 4.78 is 11.8. The molecule has 1 aromatic rings. The number of benzene rings is 1. The Morgan fingerprint density at radius 2 is 0.571 bits per heavy atom. The Bertz CT molecular complexity index is 524. The van der Waals surface area contributed by atoms with E-state index in [1.54, 1.807) is 0 Å². The fraction of sp³-hybridized carbons (Fsp3) is 0.818. The third-order valence-electron chi connectivity index (χ3n) is 7.11. The third-order valence-corrected chi connectivity index (χ3v) is 7.11. The van der Waals surface area contributed by atoms with Crippen LogP contribution in [-0.4, -0.2) is 13.2 Å². The molecule has 0 N–H and O–H groups in total. The first-order valence-corrected chi connectivity index (χ1v) is 15.7. The number of hydrogen-bond acceptors (Lipinski definition) is 2. The van der Waals surface area contributed by atoms with E-state index in [2.05, 4.69) is 38.1 Å². The lowest BCUT2D eigenvalue weighted by atomic mass is 10.0. The number of ether oxygens (including phenoxy) is 2. The van der Waals surface area contributed by atoms with Crippen molar-refractivity contribution in [2.75, 3.05) is 13.2 Å². The zero-order valence-corrected chi connectivity index (χ0v) is 23.8. The normalized spacial score (nSPS) is 11.1. The van der Waals surface area contributed by atoms with E-state index in [1.165, 1.54) is 135 Å². The van der Waals surface area contributed by atoms with Crippen molar-refractivity contribution in [3.05, 3.63) is 24.3 Å². The minimum Gasteiger partial charge on any atom is -0.494 e. The van der Waals surface area contributed by atoms with Crippen molar-refractivity contribution in [3.63, 3.8) is 0 Å². The van der Waals surface area contributed by atoms with Crippen LogP contribution in [0.4, 0.5) is 0 Å². The molecule has 204 valence electrons. The van der Waals surface area contributed by atoms with Gasteiger partial charge >= 0.3 is 0 Å². The average Bonchev–Trinajstić information content (AvgIpc) is 2.88. The van der Waals surface area contributed by atoms with Crippen LogP contribution in [-0.2, 0) is 0 Å². The molecule has 0 unspecified atom stereocenters. The van der Waals surface area contributed by atoms with Crippen LogP contribution in [0.3, 0.4) is 0 Å². The molecule has 2 nitrogen and oxygen atoms in total. The minimum atomic E-state index is 0.829. The van der Waals surface area contributed by atoms with Gasteiger partial charge in [0.15, 0.2) is 0 Å². The first-order valence-electron chi connectivity index (χ1n) is 15.7. The second kappa shape index (κ2) is 25.9. The van der Waals surface area contributed by atoms with E-state index < -0.39 is 0 Å². The van der Waals surface area contributed by atoms with Crippen LogP contribution in [0, 0.1) is 0 Å². The Balaban J connectivity index is 1.86. The fourth-order valence-corrected chi connectivity index (χ4v) is 4.72. The van der Waals surface area contributed by atoms with Crippen LogP contribution in [0.2, 0.25) is 0 Å². The smallest absolute Gasteiger partial charge is 0.119 e. The summed E-state index contributed by atoms with van der Waals surface area (Å²) in [4.78, 5) is 0. The van der Waals surface area contributed by atoms with Crippen LogP contribution >= 0.6 is 0 Å². The molecule has 1 aromatic carbocycles. The van der Waals surface area contributed by atoms with Gasteiger partial charge in [0.2, 0.25) is 0 Å². The van der Waals surface area contributed by atoms with Gasteiger partial charge in [0.25, 0.3) is 0 Å². The van der Waals surface area contributed by atoms with E-state index in [4.69, 9.17) is 9.47 Å². The molecule has 1 rings (SSSR count). The van der Waals surface area contributed by atoms with Crippen LogP contribution in [0.15, 0.2) is 24.3 Å². The van der Waals surface area contributed by atoms with E-state index in [1.807, 2.05) is 0 Å². The predicted molar refractivity (Wildman–Crippen MR) is 155 cm³/mol. The van der Waals surface area contributed by atoms with Gasteiger partial charge in [-0.2, -0.15) is 0 Å². The third kappa shape index (κ3) is 21.8. The first kappa shape index (κ1) is 31.8. The van der Waals surface area contributed by atoms with Crippen LogP contribution in [0.5, 0.6) is 11.5 Å². The molecule has 0 aliphatic carbocycles. The molecule has 0 saturated carbocycles. The molecule has 0 spiro atoms. The summed E-state index contributed by atoms with van der Waals surface area (Å²) in [6.45, 7) is 6.23. The van der Waals surface area contributed by atoms with E-state index in [0.717, 1.165) is 37.6 Å². The molecule has 0 fully saturated rings. The highest BCUT2D eigenvalue weighted by molar-refractivity contribution is 5.31. The molecule has 2 heteroatoms. The van der Waals surface area contributed by atoms with E-state index in [9.17, 15) is 0 Å². The van der Waals surface area contributed by atoms with Crippen molar-refractivity contribution in [2.45, 2.75) is 162 Å². The lowest BCUT2D eigenvalue weighted by Crippen LogP contribution is -1.99. The lowest BCUT2D eigenvalue weighted by molar-refractivity contribution is 0.296. The number of rotatable bonds is 27. The Labute approximate surface area is 220 Å². The molecular weight excluding hydrogens is 428 g/mol. The molecule has 0 aliphatic heterocycles. The summed E-state index contributed by atoms with van der Waals surface area (Å²) >= 11 is 0. The molecular formula is C33H60O2. The zero-order valence-electron chi connectivity index (χ0n) is 23.8. The summed E-state index contributed by atoms with van der Waals surface area (Å²) in [5.74, 6) is 1.93. The van der Waals surface area contributed by atoms with Crippen molar-refractivity contribution in [3.8, 4) is 11.5 Å². The van der Waals surface area contributed by atoms with Crippen molar-refractivity contribution in [2.24, 2.45) is 0 Å². The van der Waals surface area contributed by atoms with E-state index >= 15 is 0 Å². The highest BCUT2D eigenvalue weighted by Gasteiger charge is 1.99. The van der Waals surface area contributed by atoms with Crippen LogP contribution < -0.4 is 9.47 Å². The minimum absolute atomic E-state index is 0.829. The molecule has 0 aliphatic rings.